The van der Waals surface area contributed by atoms with Crippen molar-refractivity contribution in [2.75, 3.05) is 0 Å². The lowest BCUT2D eigenvalue weighted by Gasteiger charge is -2.14. The van der Waals surface area contributed by atoms with Gasteiger partial charge in [0, 0.05) is 6.42 Å². The van der Waals surface area contributed by atoms with Crippen molar-refractivity contribution in [1.82, 2.24) is 0 Å². The number of carbonyl (C=O) groups is 1. The average Bonchev–Trinajstić information content (AvgIpc) is 2.18. The number of terminal acetylenes is 1. The number of allylic oxidation sites excluding steroid dienone is 1. The van der Waals surface area contributed by atoms with Crippen molar-refractivity contribution in [3.63, 3.8) is 0 Å². The number of nitrogens with two attached hydrogens (primary N) is 1. The van der Waals surface area contributed by atoms with Crippen molar-refractivity contribution in [2.24, 2.45) is 5.73 Å². The Morgan fingerprint density at radius 1 is 1.69 bits per heavy atom. The minimum Gasteiger partial charge on any atom is -0.320 e. The van der Waals surface area contributed by atoms with E-state index in [1.165, 1.54) is 6.42 Å². The van der Waals surface area contributed by atoms with Crippen LogP contribution in [0.3, 0.4) is 0 Å². The molecule has 1 aliphatic carbocycles. The zero-order chi connectivity index (χ0) is 9.68. The molecule has 2 heteroatoms. The number of rotatable bonds is 3. The molecule has 13 heavy (non-hydrogen) atoms. The molecule has 0 saturated heterocycles. The second-order valence-electron chi connectivity index (χ2n) is 3.35. The van der Waals surface area contributed by atoms with Gasteiger partial charge >= 0.3 is 0 Å². The molecular formula is C11H15NO. The highest BCUT2D eigenvalue weighted by Crippen LogP contribution is 2.19. The molecule has 0 radical (unpaired) electrons. The van der Waals surface area contributed by atoms with Crippen molar-refractivity contribution >= 4 is 5.78 Å². The summed E-state index contributed by atoms with van der Waals surface area (Å²) in [6.45, 7) is 0. The summed E-state index contributed by atoms with van der Waals surface area (Å²) in [5.74, 6) is 2.45. The molecule has 2 nitrogen and oxygen atoms in total. The van der Waals surface area contributed by atoms with Gasteiger partial charge in [-0.05, 0) is 31.3 Å². The average molecular weight is 177 g/mol. The van der Waals surface area contributed by atoms with Crippen LogP contribution in [0.25, 0.3) is 0 Å². The predicted octanol–water partition coefficient (Wildman–Crippen LogP) is 1.41. The summed E-state index contributed by atoms with van der Waals surface area (Å²) >= 11 is 0. The van der Waals surface area contributed by atoms with Gasteiger partial charge in [0.25, 0.3) is 0 Å². The number of hydrogen-bond donors (Lipinski definition) is 1. The summed E-state index contributed by atoms with van der Waals surface area (Å²) in [5, 5.41) is 0. The van der Waals surface area contributed by atoms with Crippen LogP contribution in [-0.4, -0.2) is 11.8 Å². The van der Waals surface area contributed by atoms with Crippen molar-refractivity contribution in [2.45, 2.75) is 38.1 Å². The molecule has 1 atom stereocenters. The normalized spacial score (nSPS) is 18.6. The summed E-state index contributed by atoms with van der Waals surface area (Å²) in [6.07, 6.45) is 11.6. The third kappa shape index (κ3) is 2.71. The van der Waals surface area contributed by atoms with Gasteiger partial charge in [-0.3, -0.25) is 4.79 Å². The predicted molar refractivity (Wildman–Crippen MR) is 53.0 cm³/mol. The first kappa shape index (κ1) is 10.0. The highest BCUT2D eigenvalue weighted by molar-refractivity contribution is 5.99. The Hall–Kier alpha value is -1.07. The Kier molecular flexibility index (Phi) is 3.72. The van der Waals surface area contributed by atoms with E-state index in [0.29, 0.717) is 6.42 Å². The van der Waals surface area contributed by atoms with E-state index in [1.807, 2.05) is 6.08 Å². The third-order valence-corrected chi connectivity index (χ3v) is 2.28. The SMILES string of the molecule is C#CCC(N)C(=O)C1=CCCCC1. The Balaban J connectivity index is 2.56. The highest BCUT2D eigenvalue weighted by Gasteiger charge is 2.18. The summed E-state index contributed by atoms with van der Waals surface area (Å²) in [7, 11) is 0. The molecule has 0 aromatic rings. The van der Waals surface area contributed by atoms with Crippen LogP contribution in [0.4, 0.5) is 0 Å². The smallest absolute Gasteiger partial charge is 0.176 e. The minimum atomic E-state index is -0.491. The summed E-state index contributed by atoms with van der Waals surface area (Å²) in [5.41, 5.74) is 6.51. The molecule has 1 rings (SSSR count). The second-order valence-corrected chi connectivity index (χ2v) is 3.35. The molecular weight excluding hydrogens is 162 g/mol. The first-order valence-electron chi connectivity index (χ1n) is 4.68. The lowest BCUT2D eigenvalue weighted by molar-refractivity contribution is -0.116. The summed E-state index contributed by atoms with van der Waals surface area (Å²) in [6, 6.07) is -0.491. The fourth-order valence-electron chi connectivity index (χ4n) is 1.52. The van der Waals surface area contributed by atoms with Crippen molar-refractivity contribution in [1.29, 1.82) is 0 Å². The fraction of sp³-hybridized carbons (Fsp3) is 0.545. The maximum atomic E-state index is 11.6. The van der Waals surface area contributed by atoms with Gasteiger partial charge in [-0.25, -0.2) is 0 Å². The van der Waals surface area contributed by atoms with Gasteiger partial charge in [-0.1, -0.05) is 6.08 Å². The van der Waals surface area contributed by atoms with Gasteiger partial charge in [0.2, 0.25) is 0 Å². The van der Waals surface area contributed by atoms with E-state index >= 15 is 0 Å². The minimum absolute atomic E-state index is 0.0395. The maximum absolute atomic E-state index is 11.6. The van der Waals surface area contributed by atoms with Gasteiger partial charge in [0.1, 0.15) is 0 Å². The monoisotopic (exact) mass is 177 g/mol. The summed E-state index contributed by atoms with van der Waals surface area (Å²) in [4.78, 5) is 11.6. The molecule has 0 spiro atoms. The second kappa shape index (κ2) is 4.84. The number of ketones is 1. The van der Waals surface area contributed by atoms with Gasteiger partial charge in [0.15, 0.2) is 5.78 Å². The van der Waals surface area contributed by atoms with Gasteiger partial charge in [0.05, 0.1) is 6.04 Å². The van der Waals surface area contributed by atoms with E-state index in [4.69, 9.17) is 12.2 Å². The molecule has 0 aromatic heterocycles. The van der Waals surface area contributed by atoms with Gasteiger partial charge in [-0.15, -0.1) is 12.3 Å². The third-order valence-electron chi connectivity index (χ3n) is 2.28. The molecule has 70 valence electrons. The first-order valence-corrected chi connectivity index (χ1v) is 4.68. The van der Waals surface area contributed by atoms with Crippen LogP contribution in [0.1, 0.15) is 32.1 Å². The fourth-order valence-corrected chi connectivity index (χ4v) is 1.52. The van der Waals surface area contributed by atoms with Crippen LogP contribution in [0.15, 0.2) is 11.6 Å². The van der Waals surface area contributed by atoms with Crippen LogP contribution in [-0.2, 0) is 4.79 Å². The van der Waals surface area contributed by atoms with E-state index in [9.17, 15) is 4.79 Å². The Bertz CT molecular complexity index is 260. The quantitative estimate of drug-likeness (QED) is 0.662. The van der Waals surface area contributed by atoms with Gasteiger partial charge in [-0.2, -0.15) is 0 Å². The largest absolute Gasteiger partial charge is 0.320 e. The van der Waals surface area contributed by atoms with Crippen LogP contribution < -0.4 is 5.73 Å². The molecule has 1 aliphatic rings. The van der Waals surface area contributed by atoms with Crippen molar-refractivity contribution < 1.29 is 4.79 Å². The Morgan fingerprint density at radius 3 is 3.00 bits per heavy atom. The zero-order valence-electron chi connectivity index (χ0n) is 7.75. The highest BCUT2D eigenvalue weighted by atomic mass is 16.1. The van der Waals surface area contributed by atoms with E-state index in [0.717, 1.165) is 24.8 Å². The zero-order valence-corrected chi connectivity index (χ0v) is 7.75. The topological polar surface area (TPSA) is 43.1 Å². The van der Waals surface area contributed by atoms with E-state index in [2.05, 4.69) is 5.92 Å². The van der Waals surface area contributed by atoms with E-state index in [1.54, 1.807) is 0 Å². The maximum Gasteiger partial charge on any atom is 0.176 e. The van der Waals surface area contributed by atoms with Crippen LogP contribution >= 0.6 is 0 Å². The van der Waals surface area contributed by atoms with Crippen molar-refractivity contribution in [3.05, 3.63) is 11.6 Å². The van der Waals surface area contributed by atoms with Crippen LogP contribution in [0.5, 0.6) is 0 Å². The summed E-state index contributed by atoms with van der Waals surface area (Å²) < 4.78 is 0. The lowest BCUT2D eigenvalue weighted by atomic mass is 9.92. The first-order chi connectivity index (χ1) is 6.25. The number of hydrogen-bond acceptors (Lipinski definition) is 2. The molecule has 0 fully saturated rings. The molecule has 0 aliphatic heterocycles. The van der Waals surface area contributed by atoms with E-state index < -0.39 is 6.04 Å². The molecule has 0 amide bonds. The Labute approximate surface area is 79.2 Å². The molecule has 0 bridgehead atoms. The van der Waals surface area contributed by atoms with Crippen molar-refractivity contribution in [3.8, 4) is 12.3 Å². The van der Waals surface area contributed by atoms with E-state index in [-0.39, 0.29) is 5.78 Å². The van der Waals surface area contributed by atoms with Crippen LogP contribution in [0, 0.1) is 12.3 Å². The molecule has 0 heterocycles. The molecule has 0 saturated carbocycles. The standard InChI is InChI=1S/C11H15NO/c1-2-6-10(12)11(13)9-7-4-3-5-8-9/h1,7,10H,3-6,8,12H2. The Morgan fingerprint density at radius 2 is 2.46 bits per heavy atom. The number of Topliss-reactive ketones (excluding diaryl/α,β-unsaturated/α-hetero) is 1. The van der Waals surface area contributed by atoms with Gasteiger partial charge < -0.3 is 5.73 Å². The lowest BCUT2D eigenvalue weighted by Crippen LogP contribution is -2.31. The number of carbonyl (C=O) groups excluding carboxylic acids is 1. The van der Waals surface area contributed by atoms with Crippen LogP contribution in [0.2, 0.25) is 0 Å². The molecule has 0 aromatic carbocycles. The molecule has 1 unspecified atom stereocenters. The molecule has 2 N–H and O–H groups in total.